The van der Waals surface area contributed by atoms with Crippen LogP contribution in [0.25, 0.3) is 11.1 Å². The number of alkyl halides is 3. The van der Waals surface area contributed by atoms with Crippen LogP contribution in [0.5, 0.6) is 0 Å². The van der Waals surface area contributed by atoms with Crippen LogP contribution in [0.4, 0.5) is 30.6 Å². The van der Waals surface area contributed by atoms with Crippen molar-refractivity contribution in [2.24, 2.45) is 0 Å². The summed E-state index contributed by atoms with van der Waals surface area (Å²) in [5, 5.41) is 2.90. The van der Waals surface area contributed by atoms with Gasteiger partial charge in [-0.2, -0.15) is 18.2 Å². The Bertz CT molecular complexity index is 1650. The number of benzene rings is 4. The Hall–Kier alpha value is -4.63. The van der Waals surface area contributed by atoms with Gasteiger partial charge < -0.3 is 9.73 Å². The predicted octanol–water partition coefficient (Wildman–Crippen LogP) is 7.73. The van der Waals surface area contributed by atoms with Crippen molar-refractivity contribution in [1.82, 2.24) is 4.98 Å². The lowest BCUT2D eigenvalue weighted by atomic mass is 10.1. The average Bonchev–Trinajstić information content (AvgIpc) is 3.31. The molecular formula is C28H17ClF3N3O3. The summed E-state index contributed by atoms with van der Waals surface area (Å²) < 4.78 is 46.0. The summed E-state index contributed by atoms with van der Waals surface area (Å²) >= 11 is 6.06. The van der Waals surface area contributed by atoms with Crippen LogP contribution in [0.2, 0.25) is 5.02 Å². The molecule has 0 aliphatic rings. The summed E-state index contributed by atoms with van der Waals surface area (Å²) in [6.07, 6.45) is -4.70. The van der Waals surface area contributed by atoms with Gasteiger partial charge in [-0.05, 0) is 60.7 Å². The van der Waals surface area contributed by atoms with Crippen molar-refractivity contribution in [1.29, 1.82) is 0 Å². The minimum Gasteiger partial charge on any atom is -0.423 e. The predicted molar refractivity (Wildman–Crippen MR) is 138 cm³/mol. The zero-order valence-corrected chi connectivity index (χ0v) is 20.1. The smallest absolute Gasteiger partial charge is 0.417 e. The molecule has 0 aliphatic carbocycles. The largest absolute Gasteiger partial charge is 0.423 e. The average molecular weight is 536 g/mol. The molecule has 0 fully saturated rings. The maximum absolute atomic E-state index is 13.7. The molecule has 6 nitrogen and oxygen atoms in total. The van der Waals surface area contributed by atoms with Crippen molar-refractivity contribution in [3.63, 3.8) is 0 Å². The van der Waals surface area contributed by atoms with E-state index in [1.807, 2.05) is 0 Å². The molecule has 0 spiro atoms. The Kier molecular flexibility index (Phi) is 6.61. The Morgan fingerprint density at radius 1 is 0.868 bits per heavy atom. The number of aromatic nitrogens is 1. The minimum atomic E-state index is -4.70. The number of rotatable bonds is 5. The number of amides is 2. The van der Waals surface area contributed by atoms with Gasteiger partial charge in [-0.15, -0.1) is 0 Å². The first-order valence-electron chi connectivity index (χ1n) is 11.2. The number of carbonyl (C=O) groups excluding carboxylic acids is 2. The third-order valence-corrected chi connectivity index (χ3v) is 5.83. The van der Waals surface area contributed by atoms with Gasteiger partial charge in [-0.3, -0.25) is 9.59 Å². The zero-order valence-electron chi connectivity index (χ0n) is 19.4. The molecule has 0 saturated heterocycles. The van der Waals surface area contributed by atoms with Gasteiger partial charge in [0.15, 0.2) is 5.58 Å². The number of para-hydroxylation sites is 1. The lowest BCUT2D eigenvalue weighted by Gasteiger charge is -2.19. The van der Waals surface area contributed by atoms with Crippen molar-refractivity contribution in [2.75, 3.05) is 10.2 Å². The van der Waals surface area contributed by atoms with Crippen LogP contribution in [-0.2, 0) is 6.18 Å². The van der Waals surface area contributed by atoms with E-state index in [2.05, 4.69) is 10.3 Å². The minimum absolute atomic E-state index is 0.00740. The third-order valence-electron chi connectivity index (χ3n) is 5.59. The number of hydrogen-bond acceptors (Lipinski definition) is 4. The summed E-state index contributed by atoms with van der Waals surface area (Å²) in [7, 11) is 0. The molecule has 0 radical (unpaired) electrons. The van der Waals surface area contributed by atoms with E-state index in [1.54, 1.807) is 48.5 Å². The number of fused-ring (bicyclic) bond motifs is 1. The van der Waals surface area contributed by atoms with Gasteiger partial charge in [0, 0.05) is 16.3 Å². The lowest BCUT2D eigenvalue weighted by Crippen LogP contribution is -2.26. The second-order valence-corrected chi connectivity index (χ2v) is 8.60. The molecule has 2 amide bonds. The molecule has 1 heterocycles. The van der Waals surface area contributed by atoms with Crippen LogP contribution in [0.1, 0.15) is 26.3 Å². The molecule has 4 aromatic carbocycles. The first kappa shape index (κ1) is 25.0. The van der Waals surface area contributed by atoms with Gasteiger partial charge in [0.1, 0.15) is 5.52 Å². The first-order chi connectivity index (χ1) is 18.2. The van der Waals surface area contributed by atoms with E-state index in [9.17, 15) is 22.8 Å². The molecule has 5 rings (SSSR count). The Balaban J connectivity index is 1.49. The lowest BCUT2D eigenvalue weighted by molar-refractivity contribution is -0.137. The Morgan fingerprint density at radius 3 is 2.37 bits per heavy atom. The summed E-state index contributed by atoms with van der Waals surface area (Å²) in [4.78, 5) is 32.1. The van der Waals surface area contributed by atoms with E-state index < -0.39 is 29.1 Å². The van der Waals surface area contributed by atoms with E-state index >= 15 is 0 Å². The van der Waals surface area contributed by atoms with Crippen molar-refractivity contribution >= 4 is 51.9 Å². The van der Waals surface area contributed by atoms with Crippen LogP contribution in [0.15, 0.2) is 101 Å². The molecule has 38 heavy (non-hydrogen) atoms. The van der Waals surface area contributed by atoms with Crippen molar-refractivity contribution in [3.8, 4) is 0 Å². The third kappa shape index (κ3) is 5.09. The molecule has 10 heteroatoms. The molecule has 190 valence electrons. The molecule has 0 atom stereocenters. The summed E-state index contributed by atoms with van der Waals surface area (Å²) in [6.45, 7) is 0. The molecule has 0 aliphatic heterocycles. The highest BCUT2D eigenvalue weighted by atomic mass is 35.5. The van der Waals surface area contributed by atoms with Crippen LogP contribution < -0.4 is 10.2 Å². The van der Waals surface area contributed by atoms with Gasteiger partial charge in [0.05, 0.1) is 16.8 Å². The fraction of sp³-hybridized carbons (Fsp3) is 0.0357. The van der Waals surface area contributed by atoms with E-state index in [-0.39, 0.29) is 17.3 Å². The molecule has 0 unspecified atom stereocenters. The van der Waals surface area contributed by atoms with E-state index in [0.29, 0.717) is 21.8 Å². The second kappa shape index (κ2) is 10.0. The fourth-order valence-corrected chi connectivity index (χ4v) is 4.03. The number of carbonyl (C=O) groups is 2. The molecule has 5 aromatic rings. The second-order valence-electron chi connectivity index (χ2n) is 8.16. The number of nitrogens with zero attached hydrogens (tertiary/aromatic N) is 2. The fourth-order valence-electron chi connectivity index (χ4n) is 3.86. The SMILES string of the molecule is O=C(Nc1cccc(C(=O)N(c2ccccc2)c2nc3cc(Cl)ccc3o2)c1)c1ccccc1C(F)(F)F. The van der Waals surface area contributed by atoms with Gasteiger partial charge in [-0.25, -0.2) is 4.90 Å². The zero-order chi connectivity index (χ0) is 26.9. The molecule has 0 bridgehead atoms. The van der Waals surface area contributed by atoms with Gasteiger partial charge >= 0.3 is 12.2 Å². The topological polar surface area (TPSA) is 75.4 Å². The van der Waals surface area contributed by atoms with Gasteiger partial charge in [0.25, 0.3) is 11.8 Å². The van der Waals surface area contributed by atoms with Crippen LogP contribution in [0.3, 0.4) is 0 Å². The van der Waals surface area contributed by atoms with Crippen LogP contribution >= 0.6 is 11.6 Å². The number of nitrogens with one attached hydrogen (secondary N) is 1. The van der Waals surface area contributed by atoms with Gasteiger partial charge in [-0.1, -0.05) is 48.0 Å². The number of halogens is 4. The van der Waals surface area contributed by atoms with E-state index in [1.165, 1.54) is 41.3 Å². The maximum atomic E-state index is 13.7. The summed E-state index contributed by atoms with van der Waals surface area (Å²) in [5.41, 5.74) is 0.00630. The number of hydrogen-bond donors (Lipinski definition) is 1. The van der Waals surface area contributed by atoms with Gasteiger partial charge in [0.2, 0.25) is 0 Å². The van der Waals surface area contributed by atoms with E-state index in [4.69, 9.17) is 16.0 Å². The number of oxazole rings is 1. The van der Waals surface area contributed by atoms with E-state index in [0.717, 1.165) is 12.1 Å². The van der Waals surface area contributed by atoms with Crippen molar-refractivity contribution < 1.29 is 27.2 Å². The Morgan fingerprint density at radius 2 is 1.61 bits per heavy atom. The molecule has 1 N–H and O–H groups in total. The van der Waals surface area contributed by atoms with Crippen LogP contribution in [0, 0.1) is 0 Å². The van der Waals surface area contributed by atoms with Crippen molar-refractivity contribution in [2.45, 2.75) is 6.18 Å². The van der Waals surface area contributed by atoms with Crippen molar-refractivity contribution in [3.05, 3.63) is 119 Å². The monoisotopic (exact) mass is 535 g/mol. The molecule has 1 aromatic heterocycles. The summed E-state index contributed by atoms with van der Waals surface area (Å²) in [5.74, 6) is -1.50. The highest BCUT2D eigenvalue weighted by Gasteiger charge is 2.35. The molecule has 0 saturated carbocycles. The standard InChI is InChI=1S/C28H17ClF3N3O3/c29-18-13-14-24-23(16-18)34-27(38-24)35(20-9-2-1-3-10-20)26(37)17-7-6-8-19(15-17)33-25(36)21-11-4-5-12-22(21)28(30,31)32/h1-16H,(H,33,36). The highest BCUT2D eigenvalue weighted by Crippen LogP contribution is 2.33. The maximum Gasteiger partial charge on any atom is 0.417 e. The quantitative estimate of drug-likeness (QED) is 0.250. The highest BCUT2D eigenvalue weighted by molar-refractivity contribution is 6.31. The van der Waals surface area contributed by atoms with Crippen LogP contribution in [-0.4, -0.2) is 16.8 Å². The Labute approximate surface area is 219 Å². The normalized spacial score (nSPS) is 11.4. The number of anilines is 3. The summed E-state index contributed by atoms with van der Waals surface area (Å²) in [6, 6.07) is 23.8. The first-order valence-corrected chi connectivity index (χ1v) is 11.6. The molecular weight excluding hydrogens is 519 g/mol.